The molecule has 0 aliphatic carbocycles. The van der Waals surface area contributed by atoms with Gasteiger partial charge >= 0.3 is 0 Å². The third-order valence-corrected chi connectivity index (χ3v) is 3.98. The topological polar surface area (TPSA) is 61.8 Å². The predicted octanol–water partition coefficient (Wildman–Crippen LogP) is 2.41. The molecule has 0 aromatic heterocycles. The first-order valence-corrected chi connectivity index (χ1v) is 8.16. The van der Waals surface area contributed by atoms with E-state index in [1.165, 1.54) is 0 Å². The Labute approximate surface area is 141 Å². The van der Waals surface area contributed by atoms with Crippen LogP contribution in [0, 0.1) is 0 Å². The largest absolute Gasteiger partial charge is 0.389 e. The van der Waals surface area contributed by atoms with Gasteiger partial charge in [0, 0.05) is 19.5 Å². The minimum Gasteiger partial charge on any atom is -0.389 e. The zero-order valence-corrected chi connectivity index (χ0v) is 13.5. The number of ether oxygens (including phenoxy) is 1. The van der Waals surface area contributed by atoms with E-state index in [2.05, 4.69) is 5.32 Å². The number of nitrogens with zero attached hydrogens (tertiary/aromatic N) is 1. The van der Waals surface area contributed by atoms with Gasteiger partial charge in [-0.15, -0.1) is 0 Å². The van der Waals surface area contributed by atoms with Gasteiger partial charge in [-0.25, -0.2) is 0 Å². The number of anilines is 2. The van der Waals surface area contributed by atoms with Crippen LogP contribution in [0.4, 0.5) is 11.4 Å². The van der Waals surface area contributed by atoms with Gasteiger partial charge in [0.2, 0.25) is 5.91 Å². The summed E-state index contributed by atoms with van der Waals surface area (Å²) in [7, 11) is 0. The van der Waals surface area contributed by atoms with Crippen LogP contribution in [0.1, 0.15) is 12.0 Å². The first-order valence-electron chi connectivity index (χ1n) is 8.16. The summed E-state index contributed by atoms with van der Waals surface area (Å²) in [5.74, 6) is -0.000215. The Morgan fingerprint density at radius 1 is 1.12 bits per heavy atom. The minimum absolute atomic E-state index is 0.000215. The second-order valence-electron chi connectivity index (χ2n) is 5.92. The van der Waals surface area contributed by atoms with Crippen LogP contribution in [-0.4, -0.2) is 36.8 Å². The molecule has 0 spiro atoms. The Morgan fingerprint density at radius 2 is 1.88 bits per heavy atom. The van der Waals surface area contributed by atoms with Crippen molar-refractivity contribution in [2.24, 2.45) is 0 Å². The van der Waals surface area contributed by atoms with Crippen LogP contribution in [-0.2, 0) is 16.1 Å². The summed E-state index contributed by atoms with van der Waals surface area (Å²) >= 11 is 0. The Hall–Kier alpha value is -2.37. The van der Waals surface area contributed by atoms with E-state index in [4.69, 9.17) is 4.74 Å². The molecule has 0 radical (unpaired) electrons. The molecule has 126 valence electrons. The lowest BCUT2D eigenvalue weighted by atomic mass is 10.2. The van der Waals surface area contributed by atoms with Crippen molar-refractivity contribution < 1.29 is 14.6 Å². The highest BCUT2D eigenvalue weighted by atomic mass is 16.5. The molecule has 3 rings (SSSR count). The monoisotopic (exact) mass is 326 g/mol. The number of amides is 1. The van der Waals surface area contributed by atoms with Crippen molar-refractivity contribution in [3.8, 4) is 0 Å². The van der Waals surface area contributed by atoms with Crippen molar-refractivity contribution in [3.63, 3.8) is 0 Å². The van der Waals surface area contributed by atoms with Crippen molar-refractivity contribution in [2.45, 2.75) is 19.1 Å². The van der Waals surface area contributed by atoms with Gasteiger partial charge in [-0.3, -0.25) is 4.79 Å². The predicted molar refractivity (Wildman–Crippen MR) is 94.0 cm³/mol. The summed E-state index contributed by atoms with van der Waals surface area (Å²) in [5.41, 5.74) is 2.81. The van der Waals surface area contributed by atoms with Gasteiger partial charge in [0.1, 0.15) is 0 Å². The number of fused-ring (bicyclic) bond motifs is 1. The zero-order chi connectivity index (χ0) is 16.8. The van der Waals surface area contributed by atoms with Crippen LogP contribution in [0.5, 0.6) is 0 Å². The molecule has 24 heavy (non-hydrogen) atoms. The Bertz CT molecular complexity index is 675. The van der Waals surface area contributed by atoms with Crippen LogP contribution in [0.25, 0.3) is 0 Å². The van der Waals surface area contributed by atoms with Gasteiger partial charge in [0.25, 0.3) is 0 Å². The number of nitrogens with one attached hydrogen (secondary N) is 1. The lowest BCUT2D eigenvalue weighted by molar-refractivity contribution is -0.116. The zero-order valence-electron chi connectivity index (χ0n) is 13.5. The third-order valence-electron chi connectivity index (χ3n) is 3.98. The number of aliphatic hydroxyl groups excluding tert-OH is 1. The number of hydrogen-bond acceptors (Lipinski definition) is 4. The van der Waals surface area contributed by atoms with E-state index in [1.54, 1.807) is 0 Å². The molecule has 0 fully saturated rings. The van der Waals surface area contributed by atoms with Gasteiger partial charge in [-0.2, -0.15) is 0 Å². The van der Waals surface area contributed by atoms with Gasteiger partial charge < -0.3 is 20.1 Å². The molecule has 0 saturated heterocycles. The smallest absolute Gasteiger partial charge is 0.226 e. The lowest BCUT2D eigenvalue weighted by Crippen LogP contribution is -2.35. The van der Waals surface area contributed by atoms with Crippen LogP contribution >= 0.6 is 0 Å². The number of aliphatic hydroxyl groups is 1. The third kappa shape index (κ3) is 4.34. The summed E-state index contributed by atoms with van der Waals surface area (Å²) in [4.78, 5) is 13.8. The highest BCUT2D eigenvalue weighted by Crippen LogP contribution is 2.28. The fourth-order valence-corrected chi connectivity index (χ4v) is 2.81. The number of rotatable bonds is 6. The van der Waals surface area contributed by atoms with Gasteiger partial charge in [-0.05, 0) is 17.7 Å². The van der Waals surface area contributed by atoms with E-state index in [0.29, 0.717) is 26.1 Å². The number of β-amino-alcohol motifs (C(OH)–C–C–N with tert-alkyl or cyclic N) is 1. The number of hydrogen-bond donors (Lipinski definition) is 2. The molecule has 2 N–H and O–H groups in total. The molecule has 2 aromatic rings. The van der Waals surface area contributed by atoms with Crippen molar-refractivity contribution in [1.29, 1.82) is 0 Å². The molecule has 1 aliphatic heterocycles. The summed E-state index contributed by atoms with van der Waals surface area (Å²) in [6, 6.07) is 17.5. The summed E-state index contributed by atoms with van der Waals surface area (Å²) < 4.78 is 5.60. The SMILES string of the molecule is O=C1CCN(CC(O)COCc2ccccc2)c2ccccc2N1. The molecule has 1 aliphatic rings. The normalized spacial score (nSPS) is 15.4. The average Bonchev–Trinajstić information content (AvgIpc) is 2.75. The maximum Gasteiger partial charge on any atom is 0.226 e. The summed E-state index contributed by atoms with van der Waals surface area (Å²) in [6.07, 6.45) is -0.207. The highest BCUT2D eigenvalue weighted by Gasteiger charge is 2.20. The second kappa shape index (κ2) is 7.95. The number of para-hydroxylation sites is 2. The van der Waals surface area contributed by atoms with Crippen molar-refractivity contribution in [1.82, 2.24) is 0 Å². The highest BCUT2D eigenvalue weighted by molar-refractivity contribution is 5.96. The van der Waals surface area contributed by atoms with Gasteiger partial charge in [0.05, 0.1) is 30.7 Å². The van der Waals surface area contributed by atoms with Crippen molar-refractivity contribution in [2.75, 3.05) is 29.9 Å². The molecule has 1 atom stereocenters. The quantitative estimate of drug-likeness (QED) is 0.856. The maximum absolute atomic E-state index is 11.8. The Kier molecular flexibility index (Phi) is 5.46. The fourth-order valence-electron chi connectivity index (χ4n) is 2.81. The van der Waals surface area contributed by atoms with E-state index in [1.807, 2.05) is 59.5 Å². The second-order valence-corrected chi connectivity index (χ2v) is 5.92. The van der Waals surface area contributed by atoms with Crippen LogP contribution < -0.4 is 10.2 Å². The van der Waals surface area contributed by atoms with Crippen LogP contribution in [0.2, 0.25) is 0 Å². The van der Waals surface area contributed by atoms with Crippen LogP contribution in [0.15, 0.2) is 54.6 Å². The molecule has 1 heterocycles. The van der Waals surface area contributed by atoms with E-state index in [0.717, 1.165) is 16.9 Å². The standard InChI is InChI=1S/C19H22N2O3/c22-16(14-24-13-15-6-2-1-3-7-15)12-21-11-10-19(23)20-17-8-4-5-9-18(17)21/h1-9,16,22H,10-14H2,(H,20,23). The molecule has 0 bridgehead atoms. The minimum atomic E-state index is -0.616. The number of benzene rings is 2. The molecule has 0 saturated carbocycles. The number of carbonyl (C=O) groups is 1. The molecular weight excluding hydrogens is 304 g/mol. The van der Waals surface area contributed by atoms with E-state index in [-0.39, 0.29) is 12.5 Å². The molecule has 5 nitrogen and oxygen atoms in total. The Balaban J connectivity index is 1.56. The lowest BCUT2D eigenvalue weighted by Gasteiger charge is -2.26. The molecule has 1 unspecified atom stereocenters. The van der Waals surface area contributed by atoms with Gasteiger partial charge in [0.15, 0.2) is 0 Å². The van der Waals surface area contributed by atoms with E-state index < -0.39 is 6.10 Å². The van der Waals surface area contributed by atoms with Crippen LogP contribution in [0.3, 0.4) is 0 Å². The summed E-state index contributed by atoms with van der Waals surface area (Å²) in [5, 5.41) is 13.2. The first-order chi connectivity index (χ1) is 11.7. The molecule has 5 heteroatoms. The molecule has 1 amide bonds. The molecule has 2 aromatic carbocycles. The summed E-state index contributed by atoms with van der Waals surface area (Å²) in [6.45, 7) is 1.75. The first kappa shape index (κ1) is 16.5. The number of carbonyl (C=O) groups excluding carboxylic acids is 1. The average molecular weight is 326 g/mol. The van der Waals surface area contributed by atoms with Gasteiger partial charge in [-0.1, -0.05) is 42.5 Å². The van der Waals surface area contributed by atoms with E-state index in [9.17, 15) is 9.90 Å². The van der Waals surface area contributed by atoms with Crippen molar-refractivity contribution >= 4 is 17.3 Å². The Morgan fingerprint density at radius 3 is 2.71 bits per heavy atom. The maximum atomic E-state index is 11.8. The molecular formula is C19H22N2O3. The van der Waals surface area contributed by atoms with E-state index >= 15 is 0 Å². The fraction of sp³-hybridized carbons (Fsp3) is 0.316. The van der Waals surface area contributed by atoms with Crippen molar-refractivity contribution in [3.05, 3.63) is 60.2 Å².